The maximum atomic E-state index is 4.31. The molecule has 0 aromatic carbocycles. The molecule has 3 heteroatoms. The minimum atomic E-state index is 0.545. The van der Waals surface area contributed by atoms with Gasteiger partial charge in [-0.1, -0.05) is 4.99 Å². The highest BCUT2D eigenvalue weighted by Gasteiger charge is 2.37. The smallest absolute Gasteiger partial charge is 0.254 e. The quantitative estimate of drug-likeness (QED) is 0.698. The minimum Gasteiger partial charge on any atom is -0.254 e. The van der Waals surface area contributed by atoms with Gasteiger partial charge in [0.15, 0.2) is 0 Å². The normalized spacial score (nSPS) is 24.6. The lowest BCUT2D eigenvalue weighted by molar-refractivity contribution is -0.581. The summed E-state index contributed by atoms with van der Waals surface area (Å²) in [5, 5.41) is 2.28. The first-order chi connectivity index (χ1) is 7.77. The Labute approximate surface area is 100 Å². The van der Waals surface area contributed by atoms with E-state index in [1.54, 1.807) is 0 Å². The zero-order valence-electron chi connectivity index (χ0n) is 9.81. The van der Waals surface area contributed by atoms with Crippen LogP contribution in [0.4, 0.5) is 0 Å². The van der Waals surface area contributed by atoms with Gasteiger partial charge in [0.2, 0.25) is 0 Å². The molecule has 0 amide bonds. The van der Waals surface area contributed by atoms with Crippen LogP contribution in [-0.4, -0.2) is 23.2 Å². The van der Waals surface area contributed by atoms with E-state index in [4.69, 9.17) is 0 Å². The molecule has 1 aliphatic heterocycles. The molecular weight excluding hydrogens is 216 g/mol. The SMILES string of the molecule is Cc1csc(C2CC=NC=[N+]2C2CC2)c1C. The van der Waals surface area contributed by atoms with E-state index in [0.717, 1.165) is 12.5 Å². The van der Waals surface area contributed by atoms with E-state index >= 15 is 0 Å². The lowest BCUT2D eigenvalue weighted by Crippen LogP contribution is -2.24. The molecule has 2 nitrogen and oxygen atoms in total. The number of hydrogen-bond donors (Lipinski definition) is 0. The third-order valence-electron chi connectivity index (χ3n) is 3.59. The van der Waals surface area contributed by atoms with Gasteiger partial charge in [-0.25, -0.2) is 0 Å². The first-order valence-electron chi connectivity index (χ1n) is 5.94. The van der Waals surface area contributed by atoms with Crippen LogP contribution in [0.3, 0.4) is 0 Å². The van der Waals surface area contributed by atoms with Crippen LogP contribution in [0.25, 0.3) is 0 Å². The molecule has 1 fully saturated rings. The second-order valence-corrected chi connectivity index (χ2v) is 5.70. The summed E-state index contributed by atoms with van der Waals surface area (Å²) in [7, 11) is 0. The van der Waals surface area contributed by atoms with Gasteiger partial charge in [-0.05, 0) is 43.2 Å². The van der Waals surface area contributed by atoms with Crippen molar-refractivity contribution in [1.82, 2.24) is 0 Å². The van der Waals surface area contributed by atoms with E-state index in [1.807, 2.05) is 17.7 Å². The highest BCUT2D eigenvalue weighted by molar-refractivity contribution is 7.10. The fourth-order valence-corrected chi connectivity index (χ4v) is 3.50. The maximum absolute atomic E-state index is 4.31. The molecule has 0 spiro atoms. The Balaban J connectivity index is 1.97. The van der Waals surface area contributed by atoms with Crippen molar-refractivity contribution >= 4 is 23.9 Å². The third kappa shape index (κ3) is 1.63. The summed E-state index contributed by atoms with van der Waals surface area (Å²) in [6.07, 6.45) is 7.84. The number of aliphatic imine (C=N–C) groups is 1. The predicted molar refractivity (Wildman–Crippen MR) is 69.0 cm³/mol. The summed E-state index contributed by atoms with van der Waals surface area (Å²) in [5.41, 5.74) is 2.91. The fraction of sp³-hybridized carbons (Fsp3) is 0.538. The molecule has 84 valence electrons. The van der Waals surface area contributed by atoms with Crippen LogP contribution in [0.2, 0.25) is 0 Å². The summed E-state index contributed by atoms with van der Waals surface area (Å²) >= 11 is 1.91. The molecule has 0 radical (unpaired) electrons. The Morgan fingerprint density at radius 3 is 2.81 bits per heavy atom. The van der Waals surface area contributed by atoms with Crippen molar-refractivity contribution < 1.29 is 4.58 Å². The summed E-state index contributed by atoms with van der Waals surface area (Å²) in [4.78, 5) is 5.85. The van der Waals surface area contributed by atoms with Crippen LogP contribution < -0.4 is 0 Å². The Bertz CT molecular complexity index is 466. The number of nitrogens with zero attached hydrogens (tertiary/aromatic N) is 2. The minimum absolute atomic E-state index is 0.545. The zero-order chi connectivity index (χ0) is 11.1. The first kappa shape index (κ1) is 10.2. The molecule has 1 unspecified atom stereocenters. The Morgan fingerprint density at radius 2 is 2.19 bits per heavy atom. The molecule has 1 aliphatic carbocycles. The van der Waals surface area contributed by atoms with Gasteiger partial charge >= 0.3 is 0 Å². The monoisotopic (exact) mass is 233 g/mol. The average Bonchev–Trinajstić information content (AvgIpc) is 3.09. The molecule has 1 saturated carbocycles. The largest absolute Gasteiger partial charge is 0.281 e. The Morgan fingerprint density at radius 1 is 1.38 bits per heavy atom. The van der Waals surface area contributed by atoms with E-state index in [0.29, 0.717) is 6.04 Å². The first-order valence-corrected chi connectivity index (χ1v) is 6.82. The fourth-order valence-electron chi connectivity index (χ4n) is 2.30. The lowest BCUT2D eigenvalue weighted by atomic mass is 10.1. The third-order valence-corrected chi connectivity index (χ3v) is 4.89. The summed E-state index contributed by atoms with van der Waals surface area (Å²) in [5.74, 6) is 0. The molecule has 3 rings (SSSR count). The van der Waals surface area contributed by atoms with Gasteiger partial charge in [0.05, 0.1) is 17.3 Å². The van der Waals surface area contributed by atoms with Crippen molar-refractivity contribution in [3.8, 4) is 0 Å². The van der Waals surface area contributed by atoms with Crippen molar-refractivity contribution in [3.05, 3.63) is 21.4 Å². The number of rotatable bonds is 2. The van der Waals surface area contributed by atoms with Gasteiger partial charge in [0, 0.05) is 0 Å². The van der Waals surface area contributed by atoms with Crippen LogP contribution >= 0.6 is 11.3 Å². The van der Waals surface area contributed by atoms with Crippen molar-refractivity contribution in [3.63, 3.8) is 0 Å². The summed E-state index contributed by atoms with van der Waals surface area (Å²) in [6.45, 7) is 4.45. The highest BCUT2D eigenvalue weighted by atomic mass is 32.1. The topological polar surface area (TPSA) is 15.4 Å². The van der Waals surface area contributed by atoms with Crippen LogP contribution in [0, 0.1) is 13.8 Å². The number of thiophene rings is 1. The molecule has 0 N–H and O–H groups in total. The molecule has 1 aromatic heterocycles. The van der Waals surface area contributed by atoms with E-state index in [9.17, 15) is 0 Å². The molecule has 0 bridgehead atoms. The van der Waals surface area contributed by atoms with Gasteiger partial charge in [0.25, 0.3) is 6.34 Å². The Hall–Kier alpha value is -0.960. The molecule has 16 heavy (non-hydrogen) atoms. The summed E-state index contributed by atoms with van der Waals surface area (Å²) < 4.78 is 2.47. The van der Waals surface area contributed by atoms with E-state index in [-0.39, 0.29) is 0 Å². The van der Waals surface area contributed by atoms with Crippen molar-refractivity contribution in [2.45, 2.75) is 45.2 Å². The van der Waals surface area contributed by atoms with Gasteiger partial charge in [-0.3, -0.25) is 4.58 Å². The van der Waals surface area contributed by atoms with Crippen LogP contribution in [0.1, 0.15) is 41.3 Å². The highest BCUT2D eigenvalue weighted by Crippen LogP contribution is 2.37. The maximum Gasteiger partial charge on any atom is 0.281 e. The summed E-state index contributed by atoms with van der Waals surface area (Å²) in [6, 6.07) is 1.30. The van der Waals surface area contributed by atoms with Gasteiger partial charge in [-0.15, -0.1) is 11.3 Å². The number of aryl methyl sites for hydroxylation is 1. The number of hydrogen-bond acceptors (Lipinski definition) is 2. The van der Waals surface area contributed by atoms with E-state index in [1.165, 1.54) is 28.8 Å². The van der Waals surface area contributed by atoms with Crippen LogP contribution in [0.5, 0.6) is 0 Å². The second-order valence-electron chi connectivity index (χ2n) is 4.78. The average molecular weight is 233 g/mol. The molecular formula is C13H17N2S+. The van der Waals surface area contributed by atoms with Crippen LogP contribution in [-0.2, 0) is 0 Å². The Kier molecular flexibility index (Phi) is 2.43. The van der Waals surface area contributed by atoms with Crippen molar-refractivity contribution in [2.75, 3.05) is 0 Å². The second kappa shape index (κ2) is 3.81. The standard InChI is InChI=1S/C13H17N2S/c1-9-7-16-13(10(9)2)12-5-6-14-8-15(12)11-3-4-11/h6-8,11-12H,3-5H2,1-2H3/q+1. The van der Waals surface area contributed by atoms with Crippen molar-refractivity contribution in [2.24, 2.45) is 4.99 Å². The molecule has 1 atom stereocenters. The van der Waals surface area contributed by atoms with E-state index in [2.05, 4.69) is 35.0 Å². The zero-order valence-corrected chi connectivity index (χ0v) is 10.6. The van der Waals surface area contributed by atoms with E-state index < -0.39 is 0 Å². The lowest BCUT2D eigenvalue weighted by Gasteiger charge is -2.18. The molecule has 0 saturated heterocycles. The van der Waals surface area contributed by atoms with Gasteiger partial charge < -0.3 is 0 Å². The predicted octanol–water partition coefficient (Wildman–Crippen LogP) is 3.08. The van der Waals surface area contributed by atoms with Crippen LogP contribution in [0.15, 0.2) is 10.4 Å². The molecule has 2 heterocycles. The molecule has 1 aromatic rings. The van der Waals surface area contributed by atoms with Gasteiger partial charge in [0.1, 0.15) is 12.3 Å². The van der Waals surface area contributed by atoms with Crippen molar-refractivity contribution in [1.29, 1.82) is 0 Å². The van der Waals surface area contributed by atoms with Gasteiger partial charge in [-0.2, -0.15) is 0 Å². The molecule has 2 aliphatic rings.